The number of nitrogens with one attached hydrogen (secondary N) is 1. The standard InChI is InChI=1S/C18H26N2O/c1-17(2,3)14-9-13(11-20-8-7-19-12-20)16(21)15(10-14)18(4,5)6/h7-10,12,21H,11H2,1-6H3/p+1. The molecule has 114 valence electrons. The van der Waals surface area contributed by atoms with Crippen LogP contribution in [-0.4, -0.2) is 10.1 Å². The van der Waals surface area contributed by atoms with Crippen LogP contribution in [0.1, 0.15) is 58.2 Å². The summed E-state index contributed by atoms with van der Waals surface area (Å²) in [5, 5.41) is 10.7. The lowest BCUT2D eigenvalue weighted by Crippen LogP contribution is -2.31. The zero-order chi connectivity index (χ0) is 15.8. The minimum Gasteiger partial charge on any atom is -0.507 e. The van der Waals surface area contributed by atoms with Crippen LogP contribution in [0.4, 0.5) is 0 Å². The van der Waals surface area contributed by atoms with Crippen LogP contribution in [0.25, 0.3) is 0 Å². The van der Waals surface area contributed by atoms with Gasteiger partial charge in [0, 0.05) is 5.56 Å². The number of H-pyrrole nitrogens is 1. The first-order valence-electron chi connectivity index (χ1n) is 7.48. The minimum absolute atomic E-state index is 0.0608. The van der Waals surface area contributed by atoms with Crippen LogP contribution in [-0.2, 0) is 17.4 Å². The third-order valence-electron chi connectivity index (χ3n) is 3.82. The highest BCUT2D eigenvalue weighted by Crippen LogP contribution is 2.37. The minimum atomic E-state index is -0.0805. The number of hydrogen-bond donors (Lipinski definition) is 2. The molecule has 1 aromatic heterocycles. The van der Waals surface area contributed by atoms with Crippen LogP contribution in [0.2, 0.25) is 0 Å². The molecule has 0 radical (unpaired) electrons. The molecule has 1 heterocycles. The third-order valence-corrected chi connectivity index (χ3v) is 3.82. The van der Waals surface area contributed by atoms with E-state index in [1.165, 1.54) is 5.56 Å². The predicted molar refractivity (Wildman–Crippen MR) is 85.6 cm³/mol. The molecule has 2 aromatic rings. The largest absolute Gasteiger partial charge is 0.507 e. The molecule has 0 aliphatic rings. The maximum Gasteiger partial charge on any atom is 0.241 e. The summed E-state index contributed by atoms with van der Waals surface area (Å²) in [5.41, 5.74) is 3.23. The van der Waals surface area contributed by atoms with E-state index < -0.39 is 0 Å². The number of benzene rings is 1. The van der Waals surface area contributed by atoms with Crippen LogP contribution in [0, 0.1) is 0 Å². The molecule has 3 heteroatoms. The number of rotatable bonds is 2. The van der Waals surface area contributed by atoms with Gasteiger partial charge in [0.05, 0.1) is 0 Å². The van der Waals surface area contributed by atoms with Gasteiger partial charge in [-0.15, -0.1) is 0 Å². The van der Waals surface area contributed by atoms with Crippen molar-refractivity contribution < 1.29 is 9.67 Å². The van der Waals surface area contributed by atoms with E-state index in [0.717, 1.165) is 11.1 Å². The topological polar surface area (TPSA) is 39.9 Å². The van der Waals surface area contributed by atoms with Crippen LogP contribution >= 0.6 is 0 Å². The van der Waals surface area contributed by atoms with E-state index >= 15 is 0 Å². The zero-order valence-electron chi connectivity index (χ0n) is 14.0. The highest BCUT2D eigenvalue weighted by molar-refractivity contribution is 5.48. The molecular weight excluding hydrogens is 260 g/mol. The molecule has 0 unspecified atom stereocenters. The Bertz CT molecular complexity index is 614. The van der Waals surface area contributed by atoms with Gasteiger partial charge in [0.25, 0.3) is 0 Å². The Balaban J connectivity index is 2.57. The van der Waals surface area contributed by atoms with Crippen molar-refractivity contribution in [3.8, 4) is 5.75 Å². The van der Waals surface area contributed by atoms with E-state index in [1.807, 2.05) is 23.3 Å². The number of phenols is 1. The van der Waals surface area contributed by atoms with E-state index in [0.29, 0.717) is 12.3 Å². The van der Waals surface area contributed by atoms with Crippen molar-refractivity contribution in [3.63, 3.8) is 0 Å². The number of nitrogens with zero attached hydrogens (tertiary/aromatic N) is 1. The second-order valence-electron chi connectivity index (χ2n) is 7.82. The zero-order valence-corrected chi connectivity index (χ0v) is 14.0. The van der Waals surface area contributed by atoms with Gasteiger partial charge in [0.15, 0.2) is 0 Å². The fraction of sp³-hybridized carbons (Fsp3) is 0.500. The summed E-state index contributed by atoms with van der Waals surface area (Å²) in [4.78, 5) is 3.04. The molecule has 1 aromatic carbocycles. The molecule has 2 rings (SSSR count). The van der Waals surface area contributed by atoms with Gasteiger partial charge in [-0.2, -0.15) is 0 Å². The van der Waals surface area contributed by atoms with E-state index in [2.05, 4.69) is 58.7 Å². The van der Waals surface area contributed by atoms with Gasteiger partial charge in [-0.25, -0.2) is 4.57 Å². The molecule has 0 atom stereocenters. The first kappa shape index (κ1) is 15.6. The fourth-order valence-corrected chi connectivity index (χ4v) is 2.44. The normalized spacial score (nSPS) is 12.7. The quantitative estimate of drug-likeness (QED) is 0.813. The molecule has 3 nitrogen and oxygen atoms in total. The number of phenolic OH excluding ortho intramolecular Hbond substituents is 1. The van der Waals surface area contributed by atoms with Crippen molar-refractivity contribution in [2.75, 3.05) is 0 Å². The lowest BCUT2D eigenvalue weighted by molar-refractivity contribution is -0.687. The Kier molecular flexibility index (Phi) is 3.87. The summed E-state index contributed by atoms with van der Waals surface area (Å²) in [6, 6.07) is 4.28. The van der Waals surface area contributed by atoms with Gasteiger partial charge in [0.2, 0.25) is 6.33 Å². The highest BCUT2D eigenvalue weighted by atomic mass is 16.3. The van der Waals surface area contributed by atoms with Gasteiger partial charge in [-0.3, -0.25) is 4.98 Å². The van der Waals surface area contributed by atoms with E-state index in [9.17, 15) is 5.11 Å². The van der Waals surface area contributed by atoms with E-state index in [-0.39, 0.29) is 10.8 Å². The van der Waals surface area contributed by atoms with Gasteiger partial charge in [-0.05, 0) is 28.0 Å². The average molecular weight is 287 g/mol. The average Bonchev–Trinajstić information content (AvgIpc) is 2.81. The summed E-state index contributed by atoms with van der Waals surface area (Å²) in [6.07, 6.45) is 5.76. The molecule has 0 fully saturated rings. The van der Waals surface area contributed by atoms with Crippen molar-refractivity contribution in [1.29, 1.82) is 0 Å². The predicted octanol–water partition coefficient (Wildman–Crippen LogP) is 3.65. The summed E-state index contributed by atoms with van der Waals surface area (Å²) in [7, 11) is 0. The maximum atomic E-state index is 10.7. The van der Waals surface area contributed by atoms with Gasteiger partial charge in [-0.1, -0.05) is 47.6 Å². The lowest BCUT2D eigenvalue weighted by Gasteiger charge is -2.27. The van der Waals surface area contributed by atoms with Gasteiger partial charge < -0.3 is 5.11 Å². The molecule has 0 amide bonds. The Hall–Kier alpha value is -1.77. The van der Waals surface area contributed by atoms with Crippen molar-refractivity contribution in [2.45, 2.75) is 58.9 Å². The molecule has 0 aliphatic carbocycles. The molecule has 0 bridgehead atoms. The molecule has 0 spiro atoms. The van der Waals surface area contributed by atoms with Crippen LogP contribution in [0.5, 0.6) is 5.75 Å². The van der Waals surface area contributed by atoms with Crippen LogP contribution in [0.15, 0.2) is 30.9 Å². The van der Waals surface area contributed by atoms with Crippen molar-refractivity contribution in [2.24, 2.45) is 0 Å². The van der Waals surface area contributed by atoms with Gasteiger partial charge in [0.1, 0.15) is 24.7 Å². The summed E-state index contributed by atoms with van der Waals surface area (Å²) < 4.78 is 2.04. The second-order valence-corrected chi connectivity index (χ2v) is 7.82. The first-order chi connectivity index (χ1) is 9.59. The number of aromatic nitrogens is 2. The number of hydrogen-bond acceptors (Lipinski definition) is 1. The molecule has 0 saturated carbocycles. The first-order valence-corrected chi connectivity index (χ1v) is 7.48. The summed E-state index contributed by atoms with van der Waals surface area (Å²) in [5.74, 6) is 0.421. The van der Waals surface area contributed by atoms with Crippen molar-refractivity contribution in [3.05, 3.63) is 47.5 Å². The summed E-state index contributed by atoms with van der Waals surface area (Å²) in [6.45, 7) is 13.7. The summed E-state index contributed by atoms with van der Waals surface area (Å²) >= 11 is 0. The van der Waals surface area contributed by atoms with E-state index in [1.54, 1.807) is 0 Å². The number of aromatic amines is 1. The molecule has 0 aliphatic heterocycles. The van der Waals surface area contributed by atoms with Gasteiger partial charge >= 0.3 is 0 Å². The monoisotopic (exact) mass is 287 g/mol. The number of aromatic hydroxyl groups is 1. The highest BCUT2D eigenvalue weighted by Gasteiger charge is 2.25. The fourth-order valence-electron chi connectivity index (χ4n) is 2.44. The lowest BCUT2D eigenvalue weighted by atomic mass is 9.79. The Morgan fingerprint density at radius 3 is 2.19 bits per heavy atom. The van der Waals surface area contributed by atoms with Crippen molar-refractivity contribution >= 4 is 0 Å². The number of imidazole rings is 1. The Morgan fingerprint density at radius 1 is 1.05 bits per heavy atom. The van der Waals surface area contributed by atoms with Crippen LogP contribution in [0.3, 0.4) is 0 Å². The van der Waals surface area contributed by atoms with Crippen molar-refractivity contribution in [1.82, 2.24) is 4.98 Å². The molecule has 21 heavy (non-hydrogen) atoms. The SMILES string of the molecule is CC(C)(C)c1cc(C[n+]2cc[nH]c2)c(O)c(C(C)(C)C)c1. The Morgan fingerprint density at radius 2 is 1.71 bits per heavy atom. The second kappa shape index (κ2) is 5.21. The van der Waals surface area contributed by atoms with E-state index in [4.69, 9.17) is 0 Å². The smallest absolute Gasteiger partial charge is 0.241 e. The third kappa shape index (κ3) is 3.46. The molecular formula is C18H27N2O+. The molecule has 0 saturated heterocycles. The maximum absolute atomic E-state index is 10.7. The Labute approximate surface area is 127 Å². The molecule has 2 N–H and O–H groups in total. The van der Waals surface area contributed by atoms with Crippen LogP contribution < -0.4 is 4.57 Å².